The number of nitriles is 1. The van der Waals surface area contributed by atoms with Gasteiger partial charge in [0.05, 0.1) is 11.3 Å². The molecule has 94 valence electrons. The van der Waals surface area contributed by atoms with E-state index in [0.29, 0.717) is 11.3 Å². The zero-order valence-electron chi connectivity index (χ0n) is 10.4. The molecule has 1 aromatic rings. The lowest BCUT2D eigenvalue weighted by atomic mass is 10.2. The topological polar surface area (TPSA) is 82.0 Å². The molecule has 0 aliphatic rings. The van der Waals surface area contributed by atoms with Crippen LogP contribution < -0.4 is 10.6 Å². The minimum absolute atomic E-state index is 0.00306. The summed E-state index contributed by atoms with van der Waals surface area (Å²) in [5, 5.41) is 14.0. The lowest BCUT2D eigenvalue weighted by Crippen LogP contribution is -2.33. The molecule has 0 saturated carbocycles. The maximum atomic E-state index is 11.6. The summed E-state index contributed by atoms with van der Waals surface area (Å²) in [4.78, 5) is 23.0. The van der Waals surface area contributed by atoms with Crippen molar-refractivity contribution in [3.63, 3.8) is 0 Å². The van der Waals surface area contributed by atoms with Crippen molar-refractivity contribution in [3.05, 3.63) is 29.8 Å². The van der Waals surface area contributed by atoms with E-state index in [-0.39, 0.29) is 18.4 Å². The van der Waals surface area contributed by atoms with E-state index < -0.39 is 5.91 Å². The fourth-order valence-electron chi connectivity index (χ4n) is 1.40. The van der Waals surface area contributed by atoms with Crippen molar-refractivity contribution in [3.8, 4) is 6.07 Å². The maximum Gasteiger partial charge on any atom is 0.233 e. The molecule has 1 aromatic carbocycles. The van der Waals surface area contributed by atoms with Gasteiger partial charge in [0.25, 0.3) is 0 Å². The third-order valence-corrected chi connectivity index (χ3v) is 2.09. The number of para-hydroxylation sites is 1. The minimum atomic E-state index is -0.434. The molecular formula is C13H15N3O2. The molecule has 1 rings (SSSR count). The van der Waals surface area contributed by atoms with Crippen LogP contribution in [0.4, 0.5) is 5.69 Å². The van der Waals surface area contributed by atoms with Crippen LogP contribution in [0, 0.1) is 11.3 Å². The molecule has 2 amide bonds. The van der Waals surface area contributed by atoms with Crippen molar-refractivity contribution in [1.29, 1.82) is 5.26 Å². The van der Waals surface area contributed by atoms with Gasteiger partial charge in [-0.25, -0.2) is 0 Å². The Hall–Kier alpha value is -2.35. The third kappa shape index (κ3) is 4.26. The quantitative estimate of drug-likeness (QED) is 0.787. The van der Waals surface area contributed by atoms with Crippen LogP contribution in [0.2, 0.25) is 0 Å². The molecule has 0 atom stereocenters. The lowest BCUT2D eigenvalue weighted by molar-refractivity contribution is -0.127. The van der Waals surface area contributed by atoms with Gasteiger partial charge in [-0.2, -0.15) is 5.26 Å². The average molecular weight is 245 g/mol. The SMILES string of the molecule is CC(C)NC(=O)CC(=O)Nc1ccccc1C#N. The van der Waals surface area contributed by atoms with Crippen LogP contribution in [0.3, 0.4) is 0 Å². The van der Waals surface area contributed by atoms with Gasteiger partial charge in [0, 0.05) is 6.04 Å². The summed E-state index contributed by atoms with van der Waals surface area (Å²) in [7, 11) is 0. The molecule has 5 nitrogen and oxygen atoms in total. The van der Waals surface area contributed by atoms with Crippen molar-refractivity contribution in [2.24, 2.45) is 0 Å². The van der Waals surface area contributed by atoms with Crippen molar-refractivity contribution < 1.29 is 9.59 Å². The molecule has 0 fully saturated rings. The first-order valence-electron chi connectivity index (χ1n) is 5.61. The number of rotatable bonds is 4. The Morgan fingerprint density at radius 3 is 2.56 bits per heavy atom. The zero-order valence-corrected chi connectivity index (χ0v) is 10.4. The van der Waals surface area contributed by atoms with Gasteiger partial charge < -0.3 is 10.6 Å². The number of hydrogen-bond donors (Lipinski definition) is 2. The van der Waals surface area contributed by atoms with Crippen LogP contribution in [0.15, 0.2) is 24.3 Å². The molecule has 5 heteroatoms. The fourth-order valence-corrected chi connectivity index (χ4v) is 1.40. The van der Waals surface area contributed by atoms with Crippen molar-refractivity contribution in [2.45, 2.75) is 26.3 Å². The highest BCUT2D eigenvalue weighted by atomic mass is 16.2. The number of amides is 2. The zero-order chi connectivity index (χ0) is 13.5. The Bertz CT molecular complexity index is 489. The molecule has 0 bridgehead atoms. The second-order valence-electron chi connectivity index (χ2n) is 4.10. The van der Waals surface area contributed by atoms with E-state index in [0.717, 1.165) is 0 Å². The fraction of sp³-hybridized carbons (Fsp3) is 0.308. The van der Waals surface area contributed by atoms with E-state index in [1.54, 1.807) is 24.3 Å². The van der Waals surface area contributed by atoms with Crippen LogP contribution in [0.5, 0.6) is 0 Å². The highest BCUT2D eigenvalue weighted by Crippen LogP contribution is 2.13. The highest BCUT2D eigenvalue weighted by Gasteiger charge is 2.11. The Balaban J connectivity index is 2.60. The normalized spacial score (nSPS) is 9.67. The lowest BCUT2D eigenvalue weighted by Gasteiger charge is -2.09. The molecule has 0 unspecified atom stereocenters. The molecule has 0 heterocycles. The van der Waals surface area contributed by atoms with Gasteiger partial charge in [-0.05, 0) is 26.0 Å². The molecule has 18 heavy (non-hydrogen) atoms. The smallest absolute Gasteiger partial charge is 0.233 e. The van der Waals surface area contributed by atoms with Crippen LogP contribution in [-0.2, 0) is 9.59 Å². The number of carbonyl (C=O) groups excluding carboxylic acids is 2. The van der Waals surface area contributed by atoms with Gasteiger partial charge in [-0.3, -0.25) is 9.59 Å². The predicted molar refractivity (Wildman–Crippen MR) is 67.7 cm³/mol. The number of nitrogens with one attached hydrogen (secondary N) is 2. The third-order valence-electron chi connectivity index (χ3n) is 2.09. The summed E-state index contributed by atoms with van der Waals surface area (Å²) in [6.45, 7) is 3.64. The van der Waals surface area contributed by atoms with Gasteiger partial charge in [0.2, 0.25) is 11.8 Å². The molecule has 0 saturated heterocycles. The molecule has 0 radical (unpaired) electrons. The van der Waals surface area contributed by atoms with E-state index >= 15 is 0 Å². The van der Waals surface area contributed by atoms with Gasteiger partial charge in [-0.15, -0.1) is 0 Å². The largest absolute Gasteiger partial charge is 0.353 e. The molecule has 0 aromatic heterocycles. The number of benzene rings is 1. The second-order valence-corrected chi connectivity index (χ2v) is 4.10. The first-order valence-corrected chi connectivity index (χ1v) is 5.61. The highest BCUT2D eigenvalue weighted by molar-refractivity contribution is 6.04. The molecule has 2 N–H and O–H groups in total. The van der Waals surface area contributed by atoms with Crippen LogP contribution in [0.25, 0.3) is 0 Å². The molecular weight excluding hydrogens is 230 g/mol. The predicted octanol–water partition coefficient (Wildman–Crippen LogP) is 1.41. The van der Waals surface area contributed by atoms with Crippen molar-refractivity contribution >= 4 is 17.5 Å². The van der Waals surface area contributed by atoms with E-state index in [1.165, 1.54) is 0 Å². The Morgan fingerprint density at radius 1 is 1.28 bits per heavy atom. The first kappa shape index (κ1) is 13.7. The summed E-state index contributed by atoms with van der Waals surface area (Å²) in [5.74, 6) is -0.771. The van der Waals surface area contributed by atoms with E-state index in [2.05, 4.69) is 10.6 Å². The molecule has 0 aliphatic heterocycles. The average Bonchev–Trinajstić information content (AvgIpc) is 2.28. The summed E-state index contributed by atoms with van der Waals surface area (Å²) in [6.07, 6.45) is -0.252. The number of nitrogens with zero attached hydrogens (tertiary/aromatic N) is 1. The number of hydrogen-bond acceptors (Lipinski definition) is 3. The van der Waals surface area contributed by atoms with Gasteiger partial charge >= 0.3 is 0 Å². The Labute approximate surface area is 106 Å². The Kier molecular flexibility index (Phi) is 4.88. The molecule has 0 aliphatic carbocycles. The van der Waals surface area contributed by atoms with Crippen molar-refractivity contribution in [1.82, 2.24) is 5.32 Å². The van der Waals surface area contributed by atoms with E-state index in [4.69, 9.17) is 5.26 Å². The standard InChI is InChI=1S/C13H15N3O2/c1-9(2)15-12(17)7-13(18)16-11-6-4-3-5-10(11)8-14/h3-6,9H,7H2,1-2H3,(H,15,17)(H,16,18). The molecule has 0 spiro atoms. The monoisotopic (exact) mass is 245 g/mol. The second kappa shape index (κ2) is 6.40. The van der Waals surface area contributed by atoms with Gasteiger partial charge in [0.15, 0.2) is 0 Å². The van der Waals surface area contributed by atoms with E-state index in [1.807, 2.05) is 19.9 Å². The van der Waals surface area contributed by atoms with E-state index in [9.17, 15) is 9.59 Å². The van der Waals surface area contributed by atoms with Gasteiger partial charge in [-0.1, -0.05) is 12.1 Å². The summed E-state index contributed by atoms with van der Waals surface area (Å²) in [5.41, 5.74) is 0.789. The van der Waals surface area contributed by atoms with Crippen molar-refractivity contribution in [2.75, 3.05) is 5.32 Å². The minimum Gasteiger partial charge on any atom is -0.353 e. The maximum absolute atomic E-state index is 11.6. The van der Waals surface area contributed by atoms with Crippen LogP contribution >= 0.6 is 0 Å². The van der Waals surface area contributed by atoms with Crippen LogP contribution in [-0.4, -0.2) is 17.9 Å². The summed E-state index contributed by atoms with van der Waals surface area (Å²) in [6, 6.07) is 8.61. The van der Waals surface area contributed by atoms with Gasteiger partial charge in [0.1, 0.15) is 12.5 Å². The van der Waals surface area contributed by atoms with Crippen LogP contribution in [0.1, 0.15) is 25.8 Å². The summed E-state index contributed by atoms with van der Waals surface area (Å²) < 4.78 is 0. The Morgan fingerprint density at radius 2 is 1.94 bits per heavy atom. The first-order chi connectivity index (χ1) is 8.52. The number of anilines is 1. The summed E-state index contributed by atoms with van der Waals surface area (Å²) >= 11 is 0. The number of carbonyl (C=O) groups is 2.